The predicted molar refractivity (Wildman–Crippen MR) is 245 cm³/mol. The summed E-state index contributed by atoms with van der Waals surface area (Å²) in [4.78, 5) is -3.73. The molecule has 24 nitrogen and oxygen atoms in total. The van der Waals surface area contributed by atoms with Crippen LogP contribution in [0.1, 0.15) is 0 Å². The van der Waals surface area contributed by atoms with Crippen LogP contribution in [0.3, 0.4) is 0 Å². The van der Waals surface area contributed by atoms with Crippen LogP contribution in [0.15, 0.2) is 164 Å². The second kappa shape index (κ2) is 17.0. The molecule has 69 heavy (non-hydrogen) atoms. The highest BCUT2D eigenvalue weighted by Crippen LogP contribution is 2.44. The SMILES string of the molecule is Nc1ccc(N=Nc2ccc(N=Nc3ccc(N=Nc4ccc5cc(S(=O)(=O)O)cc(S(=O)(=O)O)c5c4)c4c(O)cc(S(=O)(=O)O)cc34)c3ccc(S(=O)(=O)O)cc23)c2c(O)cc(S(=O)(=O)O)cc12. The van der Waals surface area contributed by atoms with E-state index in [0.717, 1.165) is 42.5 Å². The lowest BCUT2D eigenvalue weighted by Crippen LogP contribution is -2.04. The average Bonchev–Trinajstić information content (AvgIpc) is 3.25. The van der Waals surface area contributed by atoms with Gasteiger partial charge in [-0.05, 0) is 90.3 Å². The highest BCUT2D eigenvalue weighted by atomic mass is 32.2. The molecule has 0 aliphatic rings. The summed E-state index contributed by atoms with van der Waals surface area (Å²) in [6.07, 6.45) is 0. The zero-order chi connectivity index (χ0) is 50.2. The van der Waals surface area contributed by atoms with Crippen LogP contribution in [0.5, 0.6) is 11.5 Å². The molecule has 8 aromatic carbocycles. The summed E-state index contributed by atoms with van der Waals surface area (Å²) in [5, 5.41) is 46.4. The van der Waals surface area contributed by atoms with Crippen molar-refractivity contribution in [2.45, 2.75) is 24.5 Å². The van der Waals surface area contributed by atoms with Crippen LogP contribution >= 0.6 is 0 Å². The van der Waals surface area contributed by atoms with E-state index in [9.17, 15) is 75.1 Å². The van der Waals surface area contributed by atoms with E-state index in [0.29, 0.717) is 12.1 Å². The summed E-state index contributed by atoms with van der Waals surface area (Å²) in [5.74, 6) is -1.39. The van der Waals surface area contributed by atoms with E-state index in [1.807, 2.05) is 0 Å². The number of nitrogen functional groups attached to an aromatic ring is 1. The number of phenols is 2. The van der Waals surface area contributed by atoms with Crippen LogP contribution < -0.4 is 5.73 Å². The lowest BCUT2D eigenvalue weighted by molar-refractivity contribution is 0.470. The van der Waals surface area contributed by atoms with Crippen molar-refractivity contribution in [3.8, 4) is 11.5 Å². The van der Waals surface area contributed by atoms with Crippen molar-refractivity contribution in [1.82, 2.24) is 0 Å². The van der Waals surface area contributed by atoms with Gasteiger partial charge in [0.05, 0.1) is 64.5 Å². The molecule has 354 valence electrons. The number of azo groups is 3. The number of anilines is 1. The third-order valence-corrected chi connectivity index (χ3v) is 14.4. The first-order valence-electron chi connectivity index (χ1n) is 18.7. The van der Waals surface area contributed by atoms with Crippen LogP contribution in [-0.4, -0.2) is 75.1 Å². The Bertz CT molecular complexity index is 4260. The monoisotopic (exact) mass is 1040 g/mol. The fourth-order valence-corrected chi connectivity index (χ4v) is 9.97. The Morgan fingerprint density at radius 3 is 1.33 bits per heavy atom. The van der Waals surface area contributed by atoms with Gasteiger partial charge >= 0.3 is 0 Å². The summed E-state index contributed by atoms with van der Waals surface area (Å²) in [6.45, 7) is 0. The van der Waals surface area contributed by atoms with Gasteiger partial charge in [-0.3, -0.25) is 22.8 Å². The topological polar surface area (TPSA) is 412 Å². The van der Waals surface area contributed by atoms with E-state index in [2.05, 4.69) is 30.7 Å². The Labute approximate surface area is 388 Å². The molecule has 0 saturated heterocycles. The highest BCUT2D eigenvalue weighted by Gasteiger charge is 2.23. The highest BCUT2D eigenvalue weighted by molar-refractivity contribution is 7.87. The van der Waals surface area contributed by atoms with E-state index in [1.54, 1.807) is 0 Å². The van der Waals surface area contributed by atoms with Gasteiger partial charge in [0.15, 0.2) is 0 Å². The molecule has 0 unspecified atom stereocenters. The Morgan fingerprint density at radius 1 is 0.348 bits per heavy atom. The molecule has 8 aromatic rings. The van der Waals surface area contributed by atoms with Gasteiger partial charge in [0.25, 0.3) is 50.6 Å². The molecule has 0 aliphatic heterocycles. The molecule has 0 saturated carbocycles. The summed E-state index contributed by atoms with van der Waals surface area (Å²) >= 11 is 0. The Kier molecular flexibility index (Phi) is 11.8. The summed E-state index contributed by atoms with van der Waals surface area (Å²) in [7, 11) is -24.5. The van der Waals surface area contributed by atoms with Gasteiger partial charge in [-0.15, -0.1) is 25.6 Å². The predicted octanol–water partition coefficient (Wildman–Crippen LogP) is 8.77. The first kappa shape index (κ1) is 48.0. The molecule has 0 fully saturated rings. The summed E-state index contributed by atoms with van der Waals surface area (Å²) < 4.78 is 169. The van der Waals surface area contributed by atoms with Crippen molar-refractivity contribution >= 4 is 133 Å². The van der Waals surface area contributed by atoms with E-state index < -0.39 is 86.6 Å². The van der Waals surface area contributed by atoms with Crippen molar-refractivity contribution < 1.29 is 75.1 Å². The summed E-state index contributed by atoms with van der Waals surface area (Å²) in [6, 6.07) is 19.6. The third kappa shape index (κ3) is 9.66. The normalized spacial score (nSPS) is 13.3. The quantitative estimate of drug-likeness (QED) is 0.0340. The van der Waals surface area contributed by atoms with Crippen molar-refractivity contribution in [2.24, 2.45) is 30.7 Å². The van der Waals surface area contributed by atoms with Crippen LogP contribution in [0.4, 0.5) is 39.8 Å². The standard InChI is InChI=1S/C40H27N7O17S5/c41-30-5-6-34(39-28(30)14-23(16-36(39)48)67(56,57)58)47-44-32-8-7-31(25-4-3-21(13-27(25)32)65(50,51)52)43-45-33-9-10-35(40-29(33)15-24(17-37(40)49)68(59,60)61)46-42-20-2-1-19-11-22(66(53,54)55)18-38(26(19)12-20)69(62,63)64/h1-18,48-49H,41H2,(H,50,51,52)(H,53,54,55)(H,56,57,58)(H,59,60,61)(H,62,63,64). The zero-order valence-corrected chi connectivity index (χ0v) is 38.0. The molecule has 0 radical (unpaired) electrons. The summed E-state index contributed by atoms with van der Waals surface area (Å²) in [5.41, 5.74) is 5.55. The molecular weight excluding hydrogens is 1010 g/mol. The van der Waals surface area contributed by atoms with E-state index in [1.165, 1.54) is 54.6 Å². The first-order chi connectivity index (χ1) is 32.1. The average molecular weight is 1040 g/mol. The number of nitrogens with zero attached hydrogens (tertiary/aromatic N) is 6. The van der Waals surface area contributed by atoms with Gasteiger partial charge in [0.1, 0.15) is 16.4 Å². The maximum atomic E-state index is 12.3. The smallest absolute Gasteiger partial charge is 0.295 e. The van der Waals surface area contributed by atoms with Crippen molar-refractivity contribution in [1.29, 1.82) is 0 Å². The van der Waals surface area contributed by atoms with E-state index in [-0.39, 0.29) is 82.9 Å². The number of benzene rings is 8. The van der Waals surface area contributed by atoms with Gasteiger partial charge in [-0.1, -0.05) is 12.1 Å². The van der Waals surface area contributed by atoms with Crippen LogP contribution in [0.2, 0.25) is 0 Å². The minimum Gasteiger partial charge on any atom is -0.507 e. The van der Waals surface area contributed by atoms with Crippen molar-refractivity contribution in [3.05, 3.63) is 109 Å². The van der Waals surface area contributed by atoms with Crippen LogP contribution in [0, 0.1) is 0 Å². The third-order valence-electron chi connectivity index (χ3n) is 10.2. The molecule has 0 heterocycles. The number of phenolic OH excluding ortho intramolecular Hbond substituents is 2. The lowest BCUT2D eigenvalue weighted by Gasteiger charge is -2.10. The van der Waals surface area contributed by atoms with Crippen molar-refractivity contribution in [3.63, 3.8) is 0 Å². The molecule has 9 N–H and O–H groups in total. The maximum Gasteiger partial charge on any atom is 0.295 e. The number of hydrogen-bond acceptors (Lipinski definition) is 19. The van der Waals surface area contributed by atoms with Gasteiger partial charge in [0, 0.05) is 44.8 Å². The molecule has 0 bridgehead atoms. The fraction of sp³-hybridized carbons (Fsp3) is 0. The molecule has 29 heteroatoms. The van der Waals surface area contributed by atoms with Gasteiger partial charge < -0.3 is 15.9 Å². The molecule has 0 atom stereocenters. The Morgan fingerprint density at radius 2 is 0.783 bits per heavy atom. The minimum absolute atomic E-state index is 0.00191. The molecule has 8 rings (SSSR count). The number of hydrogen-bond donors (Lipinski definition) is 8. The molecule has 0 spiro atoms. The minimum atomic E-state index is -5.07. The van der Waals surface area contributed by atoms with Gasteiger partial charge in [-0.25, -0.2) is 0 Å². The number of nitrogens with two attached hydrogens (primary N) is 1. The largest absolute Gasteiger partial charge is 0.507 e. The number of aromatic hydroxyl groups is 2. The van der Waals surface area contributed by atoms with Gasteiger partial charge in [0.2, 0.25) is 0 Å². The molecular formula is C40H27N7O17S5. The molecule has 0 amide bonds. The van der Waals surface area contributed by atoms with Crippen molar-refractivity contribution in [2.75, 3.05) is 5.73 Å². The molecule has 0 aromatic heterocycles. The van der Waals surface area contributed by atoms with Crippen LogP contribution in [0.25, 0.3) is 43.1 Å². The molecule has 0 aliphatic carbocycles. The maximum absolute atomic E-state index is 12.3. The zero-order valence-electron chi connectivity index (χ0n) is 33.9. The Hall–Kier alpha value is -7.45. The van der Waals surface area contributed by atoms with E-state index >= 15 is 0 Å². The van der Waals surface area contributed by atoms with E-state index in [4.69, 9.17) is 5.73 Å². The first-order valence-corrected chi connectivity index (χ1v) is 25.9. The second-order valence-corrected chi connectivity index (χ2v) is 21.7. The lowest BCUT2D eigenvalue weighted by atomic mass is 10.1. The van der Waals surface area contributed by atoms with Crippen LogP contribution in [-0.2, 0) is 50.6 Å². The number of fused-ring (bicyclic) bond motifs is 4. The number of rotatable bonds is 11. The Balaban J connectivity index is 1.23. The van der Waals surface area contributed by atoms with Gasteiger partial charge in [-0.2, -0.15) is 47.2 Å². The fourth-order valence-electron chi connectivity index (χ4n) is 7.06. The second-order valence-electron chi connectivity index (χ2n) is 14.6.